The van der Waals surface area contributed by atoms with Gasteiger partial charge < -0.3 is 13.7 Å². The first-order chi connectivity index (χ1) is 11.1. The highest BCUT2D eigenvalue weighted by molar-refractivity contribution is 7.93. The van der Waals surface area contributed by atoms with Gasteiger partial charge in [0.1, 0.15) is 12.4 Å². The summed E-state index contributed by atoms with van der Waals surface area (Å²) in [6, 6.07) is 12.0. The molecule has 1 heterocycles. The fourth-order valence-corrected chi connectivity index (χ4v) is 2.33. The Morgan fingerprint density at radius 1 is 1.13 bits per heavy atom. The molecule has 0 saturated carbocycles. The van der Waals surface area contributed by atoms with E-state index in [0.717, 1.165) is 22.6 Å². The van der Waals surface area contributed by atoms with Crippen LogP contribution in [-0.2, 0) is 17.4 Å². The Labute approximate surface area is 142 Å². The van der Waals surface area contributed by atoms with Crippen LogP contribution in [0.1, 0.15) is 30.7 Å². The van der Waals surface area contributed by atoms with Gasteiger partial charge in [-0.25, -0.2) is 4.98 Å². The van der Waals surface area contributed by atoms with E-state index in [1.54, 1.807) is 0 Å². The number of nitrogens with zero attached hydrogens (tertiary/aromatic N) is 1. The summed E-state index contributed by atoms with van der Waals surface area (Å²) in [7, 11) is 0. The first-order valence-electron chi connectivity index (χ1n) is 7.59. The lowest BCUT2D eigenvalue weighted by molar-refractivity contribution is 0.225. The van der Waals surface area contributed by atoms with Gasteiger partial charge in [-0.05, 0) is 38.4 Å². The van der Waals surface area contributed by atoms with Crippen molar-refractivity contribution < 1.29 is 13.7 Å². The molecule has 4 nitrogen and oxygen atoms in total. The van der Waals surface area contributed by atoms with E-state index in [4.69, 9.17) is 13.7 Å². The fourth-order valence-electron chi connectivity index (χ4n) is 2.10. The number of ether oxygens (including phenoxy) is 2. The summed E-state index contributed by atoms with van der Waals surface area (Å²) in [6.07, 6.45) is 1.96. The second kappa shape index (κ2) is 8.79. The van der Waals surface area contributed by atoms with Gasteiger partial charge in [0.05, 0.1) is 18.3 Å². The number of benzene rings is 1. The molecule has 0 N–H and O–H groups in total. The minimum Gasteiger partial charge on any atom is -0.490 e. The Balaban J connectivity index is 2.25. The van der Waals surface area contributed by atoms with Crippen molar-refractivity contribution in [2.45, 2.75) is 40.1 Å². The van der Waals surface area contributed by atoms with Crippen molar-refractivity contribution in [1.82, 2.24) is 4.98 Å². The number of hydrogen-bond donors (Lipinski definition) is 0. The number of rotatable bonds is 8. The lowest BCUT2D eigenvalue weighted by Crippen LogP contribution is -2.10. The molecule has 0 saturated heterocycles. The van der Waals surface area contributed by atoms with Crippen LogP contribution in [0.3, 0.4) is 0 Å². The van der Waals surface area contributed by atoms with Crippen molar-refractivity contribution in [1.29, 1.82) is 0 Å². The molecule has 0 fully saturated rings. The van der Waals surface area contributed by atoms with E-state index in [-0.39, 0.29) is 6.10 Å². The van der Waals surface area contributed by atoms with Crippen LogP contribution in [0.5, 0.6) is 11.6 Å². The first-order valence-corrected chi connectivity index (χ1v) is 8.74. The summed E-state index contributed by atoms with van der Waals surface area (Å²) in [5.41, 5.74) is 2.80. The molecule has 0 unspecified atom stereocenters. The number of aromatic nitrogens is 1. The molecule has 0 atom stereocenters. The van der Waals surface area contributed by atoms with E-state index in [2.05, 4.69) is 4.98 Å². The van der Waals surface area contributed by atoms with Crippen molar-refractivity contribution >= 4 is 12.0 Å². The van der Waals surface area contributed by atoms with Crippen LogP contribution in [0.15, 0.2) is 36.4 Å². The Hall–Kier alpha value is -1.72. The summed E-state index contributed by atoms with van der Waals surface area (Å²) >= 11 is 1.31. The van der Waals surface area contributed by atoms with Crippen LogP contribution < -0.4 is 9.47 Å². The van der Waals surface area contributed by atoms with Gasteiger partial charge in [0.2, 0.25) is 5.88 Å². The lowest BCUT2D eigenvalue weighted by atomic mass is 10.2. The number of pyridine rings is 1. The van der Waals surface area contributed by atoms with E-state index in [1.807, 2.05) is 63.4 Å². The molecule has 0 bridgehead atoms. The predicted molar refractivity (Wildman–Crippen MR) is 93.8 cm³/mol. The van der Waals surface area contributed by atoms with Crippen molar-refractivity contribution in [3.05, 3.63) is 53.2 Å². The maximum absolute atomic E-state index is 5.94. The summed E-state index contributed by atoms with van der Waals surface area (Å²) < 4.78 is 17.3. The highest BCUT2D eigenvalue weighted by Crippen LogP contribution is 2.31. The molecule has 0 radical (unpaired) electrons. The second-order valence-corrected chi connectivity index (χ2v) is 5.98. The van der Waals surface area contributed by atoms with E-state index < -0.39 is 0 Å². The monoisotopic (exact) mass is 333 g/mol. The van der Waals surface area contributed by atoms with Crippen molar-refractivity contribution in [3.63, 3.8) is 0 Å². The molecule has 2 rings (SSSR count). The standard InChI is InChI=1S/C18H23NO3S/c1-13(2)22-17-10-14(3)19-18(16(17)12-21-23-4)20-11-15-8-6-5-7-9-15/h5-10,13H,11-12H2,1-4H3. The van der Waals surface area contributed by atoms with Crippen LogP contribution in [0, 0.1) is 6.92 Å². The third-order valence-corrected chi connectivity index (χ3v) is 3.43. The van der Waals surface area contributed by atoms with Gasteiger partial charge >= 0.3 is 0 Å². The second-order valence-electron chi connectivity index (χ2n) is 5.42. The molecule has 124 valence electrons. The Kier molecular flexibility index (Phi) is 6.74. The zero-order valence-corrected chi connectivity index (χ0v) is 14.9. The van der Waals surface area contributed by atoms with Gasteiger partial charge in [-0.1, -0.05) is 30.3 Å². The molecule has 5 heteroatoms. The molecule has 1 aromatic heterocycles. The van der Waals surface area contributed by atoms with E-state index in [0.29, 0.717) is 19.1 Å². The van der Waals surface area contributed by atoms with E-state index in [1.165, 1.54) is 12.0 Å². The first kappa shape index (κ1) is 17.6. The van der Waals surface area contributed by atoms with Crippen molar-refractivity contribution in [3.8, 4) is 11.6 Å². The van der Waals surface area contributed by atoms with Gasteiger partial charge in [0.15, 0.2) is 0 Å². The minimum atomic E-state index is 0.0757. The van der Waals surface area contributed by atoms with Gasteiger partial charge in [0.25, 0.3) is 0 Å². The van der Waals surface area contributed by atoms with Crippen LogP contribution in [0.25, 0.3) is 0 Å². The number of hydrogen-bond acceptors (Lipinski definition) is 5. The smallest absolute Gasteiger partial charge is 0.223 e. The Morgan fingerprint density at radius 2 is 1.87 bits per heavy atom. The molecule has 23 heavy (non-hydrogen) atoms. The lowest BCUT2D eigenvalue weighted by Gasteiger charge is -2.18. The zero-order valence-electron chi connectivity index (χ0n) is 14.0. The molecule has 2 aromatic rings. The Bertz CT molecular complexity index is 617. The summed E-state index contributed by atoms with van der Waals surface area (Å²) in [5, 5.41) is 0. The quantitative estimate of drug-likeness (QED) is 0.663. The fraction of sp³-hybridized carbons (Fsp3) is 0.389. The molecular formula is C18H23NO3S. The minimum absolute atomic E-state index is 0.0757. The topological polar surface area (TPSA) is 40.6 Å². The van der Waals surface area contributed by atoms with Gasteiger partial charge in [-0.3, -0.25) is 0 Å². The molecule has 0 aliphatic carbocycles. The molecular weight excluding hydrogens is 310 g/mol. The predicted octanol–water partition coefficient (Wildman–Crippen LogP) is 4.55. The van der Waals surface area contributed by atoms with Gasteiger partial charge in [0, 0.05) is 18.0 Å². The third kappa shape index (κ3) is 5.44. The normalized spacial score (nSPS) is 10.8. The van der Waals surface area contributed by atoms with E-state index >= 15 is 0 Å². The Morgan fingerprint density at radius 3 is 2.52 bits per heavy atom. The largest absolute Gasteiger partial charge is 0.490 e. The average molecular weight is 333 g/mol. The van der Waals surface area contributed by atoms with E-state index in [9.17, 15) is 0 Å². The van der Waals surface area contributed by atoms with Crippen LogP contribution >= 0.6 is 12.0 Å². The van der Waals surface area contributed by atoms with Gasteiger partial charge in [-0.2, -0.15) is 0 Å². The van der Waals surface area contributed by atoms with Crippen LogP contribution in [-0.4, -0.2) is 17.3 Å². The van der Waals surface area contributed by atoms with Crippen LogP contribution in [0.4, 0.5) is 0 Å². The van der Waals surface area contributed by atoms with Crippen molar-refractivity contribution in [2.75, 3.05) is 6.26 Å². The summed E-state index contributed by atoms with van der Waals surface area (Å²) in [4.78, 5) is 4.52. The molecule has 0 aliphatic rings. The molecule has 1 aromatic carbocycles. The molecule has 0 spiro atoms. The summed E-state index contributed by atoms with van der Waals surface area (Å²) in [5.74, 6) is 1.34. The third-order valence-electron chi connectivity index (χ3n) is 3.08. The van der Waals surface area contributed by atoms with Crippen LogP contribution in [0.2, 0.25) is 0 Å². The van der Waals surface area contributed by atoms with Crippen molar-refractivity contribution in [2.24, 2.45) is 0 Å². The maximum Gasteiger partial charge on any atom is 0.223 e. The maximum atomic E-state index is 5.94. The zero-order chi connectivity index (χ0) is 16.7. The average Bonchev–Trinajstić information content (AvgIpc) is 2.52. The highest BCUT2D eigenvalue weighted by atomic mass is 32.2. The highest BCUT2D eigenvalue weighted by Gasteiger charge is 2.16. The van der Waals surface area contributed by atoms with Gasteiger partial charge in [-0.15, -0.1) is 0 Å². The SMILES string of the molecule is CSOCc1c(OC(C)C)cc(C)nc1OCc1ccccc1. The summed E-state index contributed by atoms with van der Waals surface area (Å²) in [6.45, 7) is 6.78. The molecule has 0 aliphatic heterocycles. The number of aryl methyl sites for hydroxylation is 1. The molecule has 0 amide bonds.